The molecule has 0 N–H and O–H groups in total. The Morgan fingerprint density at radius 2 is 2.15 bits per heavy atom. The van der Waals surface area contributed by atoms with Crippen LogP contribution in [0.15, 0.2) is 12.8 Å². The first-order valence-electron chi connectivity index (χ1n) is 4.74. The van der Waals surface area contributed by atoms with Crippen LogP contribution in [-0.2, 0) is 15.5 Å². The predicted molar refractivity (Wildman–Crippen MR) is 56.0 cm³/mol. The van der Waals surface area contributed by atoms with Gasteiger partial charge in [0, 0.05) is 22.3 Å². The van der Waals surface area contributed by atoms with Crippen molar-refractivity contribution >= 4 is 10.8 Å². The third kappa shape index (κ3) is 3.51. The van der Waals surface area contributed by atoms with E-state index in [-0.39, 0.29) is 0 Å². The van der Waals surface area contributed by atoms with Crippen molar-refractivity contribution in [3.8, 4) is 0 Å². The molecule has 0 aromatic heterocycles. The molecular weight excluding hydrogens is 184 g/mol. The van der Waals surface area contributed by atoms with Crippen LogP contribution in [0.2, 0.25) is 0 Å². The lowest BCUT2D eigenvalue weighted by atomic mass is 9.81. The van der Waals surface area contributed by atoms with Crippen molar-refractivity contribution in [3.63, 3.8) is 0 Å². The quantitative estimate of drug-likeness (QED) is 0.515. The van der Waals surface area contributed by atoms with E-state index in [1.807, 2.05) is 0 Å². The average Bonchev–Trinajstić information content (AvgIpc) is 2.12. The molecule has 13 heavy (non-hydrogen) atoms. The van der Waals surface area contributed by atoms with Crippen LogP contribution in [0.4, 0.5) is 0 Å². The van der Waals surface area contributed by atoms with E-state index in [4.69, 9.17) is 4.74 Å². The monoisotopic (exact) mass is 202 g/mol. The van der Waals surface area contributed by atoms with Crippen LogP contribution in [0.25, 0.3) is 0 Å². The van der Waals surface area contributed by atoms with E-state index in [1.54, 1.807) is 0 Å². The molecule has 0 saturated carbocycles. The minimum Gasteiger partial charge on any atom is -0.502 e. The van der Waals surface area contributed by atoms with Gasteiger partial charge in [0.2, 0.25) is 0 Å². The summed E-state index contributed by atoms with van der Waals surface area (Å²) >= 11 is 0. The summed E-state index contributed by atoms with van der Waals surface area (Å²) in [6, 6.07) is 0. The van der Waals surface area contributed by atoms with E-state index >= 15 is 0 Å². The molecule has 1 rings (SSSR count). The Bertz CT molecular complexity index is 191. The Hall–Kier alpha value is -0.310. The summed E-state index contributed by atoms with van der Waals surface area (Å²) in [4.78, 5) is 0. The first-order chi connectivity index (χ1) is 6.16. The molecule has 0 aliphatic carbocycles. The van der Waals surface area contributed by atoms with Gasteiger partial charge in [0.05, 0.1) is 12.9 Å². The highest BCUT2D eigenvalue weighted by Gasteiger charge is 2.29. The van der Waals surface area contributed by atoms with Gasteiger partial charge in [-0.3, -0.25) is 4.21 Å². The molecular formula is C10H18O2S. The Morgan fingerprint density at radius 1 is 1.54 bits per heavy atom. The first-order valence-corrected chi connectivity index (χ1v) is 6.23. The second-order valence-corrected chi connectivity index (χ2v) is 5.64. The van der Waals surface area contributed by atoms with Gasteiger partial charge in [0.15, 0.2) is 0 Å². The molecule has 0 amide bonds. The fraction of sp³-hybridized carbons (Fsp3) is 0.800. The van der Waals surface area contributed by atoms with Crippen molar-refractivity contribution < 1.29 is 8.95 Å². The number of hydrogen-bond acceptors (Lipinski definition) is 2. The fourth-order valence-electron chi connectivity index (χ4n) is 1.59. The van der Waals surface area contributed by atoms with Gasteiger partial charge in [-0.1, -0.05) is 13.5 Å². The van der Waals surface area contributed by atoms with Crippen molar-refractivity contribution in [1.29, 1.82) is 0 Å². The van der Waals surface area contributed by atoms with Crippen LogP contribution in [0.3, 0.4) is 0 Å². The molecule has 1 fully saturated rings. The Labute approximate surface area is 82.8 Å². The normalized spacial score (nSPS) is 34.1. The Balaban J connectivity index is 2.29. The maximum atomic E-state index is 11.1. The third-order valence-corrected chi connectivity index (χ3v) is 4.13. The smallest absolute Gasteiger partial charge is 0.0878 e. The summed E-state index contributed by atoms with van der Waals surface area (Å²) < 4.78 is 16.3. The summed E-state index contributed by atoms with van der Waals surface area (Å²) in [5, 5.41) is 0. The highest BCUT2D eigenvalue weighted by atomic mass is 32.2. The van der Waals surface area contributed by atoms with Gasteiger partial charge >= 0.3 is 0 Å². The van der Waals surface area contributed by atoms with Crippen LogP contribution in [0, 0.1) is 5.41 Å². The van der Waals surface area contributed by atoms with E-state index in [2.05, 4.69) is 13.5 Å². The van der Waals surface area contributed by atoms with Crippen LogP contribution in [0.1, 0.15) is 26.2 Å². The summed E-state index contributed by atoms with van der Waals surface area (Å²) in [5.74, 6) is 1.73. The van der Waals surface area contributed by atoms with Gasteiger partial charge in [-0.15, -0.1) is 0 Å². The molecule has 2 nitrogen and oxygen atoms in total. The molecule has 1 aliphatic rings. The van der Waals surface area contributed by atoms with E-state index in [0.717, 1.165) is 37.4 Å². The molecule has 1 saturated heterocycles. The van der Waals surface area contributed by atoms with Gasteiger partial charge in [-0.25, -0.2) is 0 Å². The minimum atomic E-state index is -0.555. The van der Waals surface area contributed by atoms with E-state index < -0.39 is 10.8 Å². The molecule has 1 aliphatic heterocycles. The standard InChI is InChI=1S/C10H18O2S/c1-3-12-7-4-10(2)5-8-13(11)9-6-10/h3H,1,4-9H2,2H3. The lowest BCUT2D eigenvalue weighted by Crippen LogP contribution is -2.29. The molecule has 0 aromatic rings. The Kier molecular flexibility index (Phi) is 3.97. The third-order valence-electron chi connectivity index (χ3n) is 2.81. The van der Waals surface area contributed by atoms with Crippen LogP contribution in [0.5, 0.6) is 0 Å². The summed E-state index contributed by atoms with van der Waals surface area (Å²) in [5.41, 5.74) is 0.344. The highest BCUT2D eigenvalue weighted by molar-refractivity contribution is 7.85. The van der Waals surface area contributed by atoms with E-state index in [0.29, 0.717) is 5.41 Å². The zero-order valence-corrected chi connectivity index (χ0v) is 9.07. The van der Waals surface area contributed by atoms with Crippen molar-refractivity contribution in [3.05, 3.63) is 12.8 Å². The molecule has 3 heteroatoms. The predicted octanol–water partition coefficient (Wildman–Crippen LogP) is 2.09. The van der Waals surface area contributed by atoms with Crippen molar-refractivity contribution in [2.75, 3.05) is 18.1 Å². The molecule has 0 spiro atoms. The largest absolute Gasteiger partial charge is 0.502 e. The van der Waals surface area contributed by atoms with Gasteiger partial charge in [0.25, 0.3) is 0 Å². The van der Waals surface area contributed by atoms with Gasteiger partial charge < -0.3 is 4.74 Å². The molecule has 0 radical (unpaired) electrons. The van der Waals surface area contributed by atoms with Crippen LogP contribution >= 0.6 is 0 Å². The number of ether oxygens (including phenoxy) is 1. The van der Waals surface area contributed by atoms with Gasteiger partial charge in [-0.05, 0) is 24.7 Å². The van der Waals surface area contributed by atoms with Crippen molar-refractivity contribution in [2.24, 2.45) is 5.41 Å². The fourth-order valence-corrected chi connectivity index (χ4v) is 3.23. The van der Waals surface area contributed by atoms with Crippen LogP contribution in [-0.4, -0.2) is 22.3 Å². The molecule has 0 aromatic carbocycles. The van der Waals surface area contributed by atoms with E-state index in [1.165, 1.54) is 6.26 Å². The van der Waals surface area contributed by atoms with Crippen molar-refractivity contribution in [2.45, 2.75) is 26.2 Å². The lowest BCUT2D eigenvalue weighted by molar-refractivity contribution is 0.167. The molecule has 0 unspecified atom stereocenters. The minimum absolute atomic E-state index is 0.344. The zero-order chi connectivity index (χ0) is 9.73. The maximum absolute atomic E-state index is 11.1. The van der Waals surface area contributed by atoms with Crippen molar-refractivity contribution in [1.82, 2.24) is 0 Å². The zero-order valence-electron chi connectivity index (χ0n) is 8.25. The second kappa shape index (κ2) is 4.80. The second-order valence-electron chi connectivity index (χ2n) is 3.95. The van der Waals surface area contributed by atoms with Crippen LogP contribution < -0.4 is 0 Å². The molecule has 0 bridgehead atoms. The average molecular weight is 202 g/mol. The molecule has 1 heterocycles. The molecule has 0 atom stereocenters. The topological polar surface area (TPSA) is 26.3 Å². The maximum Gasteiger partial charge on any atom is 0.0878 e. The lowest BCUT2D eigenvalue weighted by Gasteiger charge is -2.32. The summed E-state index contributed by atoms with van der Waals surface area (Å²) in [6.07, 6.45) is 4.68. The summed E-state index contributed by atoms with van der Waals surface area (Å²) in [6.45, 7) is 6.51. The summed E-state index contributed by atoms with van der Waals surface area (Å²) in [7, 11) is -0.555. The first kappa shape index (κ1) is 10.8. The van der Waals surface area contributed by atoms with Gasteiger partial charge in [-0.2, -0.15) is 0 Å². The Morgan fingerprint density at radius 3 is 2.69 bits per heavy atom. The van der Waals surface area contributed by atoms with Gasteiger partial charge in [0.1, 0.15) is 0 Å². The highest BCUT2D eigenvalue weighted by Crippen LogP contribution is 2.34. The van der Waals surface area contributed by atoms with E-state index in [9.17, 15) is 4.21 Å². The number of rotatable bonds is 4. The number of hydrogen-bond donors (Lipinski definition) is 0. The SMILES string of the molecule is C=COCCC1(C)CCS(=O)CC1. The molecule has 76 valence electrons.